The molecule has 0 spiro atoms. The van der Waals surface area contributed by atoms with E-state index in [-0.39, 0.29) is 37.3 Å². The number of amides is 2. The summed E-state index contributed by atoms with van der Waals surface area (Å²) in [5.41, 5.74) is 2.40. The van der Waals surface area contributed by atoms with Gasteiger partial charge in [-0.3, -0.25) is 19.7 Å². The van der Waals surface area contributed by atoms with Crippen molar-refractivity contribution in [3.05, 3.63) is 88.0 Å². The topological polar surface area (TPSA) is 120 Å². The number of non-ortho nitro benzene ring substituents is 1. The van der Waals surface area contributed by atoms with E-state index in [0.29, 0.717) is 36.0 Å². The predicted molar refractivity (Wildman–Crippen MR) is 129 cm³/mol. The molecule has 0 bridgehead atoms. The second-order valence-corrected chi connectivity index (χ2v) is 8.52. The molecule has 0 aliphatic carbocycles. The molecule has 2 heterocycles. The van der Waals surface area contributed by atoms with Crippen LogP contribution in [0.1, 0.15) is 17.5 Å². The molecule has 10 heteroatoms. The van der Waals surface area contributed by atoms with Gasteiger partial charge in [-0.2, -0.15) is 0 Å². The van der Waals surface area contributed by atoms with Gasteiger partial charge >= 0.3 is 0 Å². The SMILES string of the molecule is O=C(NCc1ccc2c(c1)OCO2)C1CC(=O)N(c2ccc(OCc3ccc([N+](=O)[O-])cc3)cc2)C1. The van der Waals surface area contributed by atoms with Gasteiger partial charge in [-0.25, -0.2) is 0 Å². The third kappa shape index (κ3) is 5.07. The number of nitrogens with zero attached hydrogens (tertiary/aromatic N) is 2. The van der Waals surface area contributed by atoms with Crippen LogP contribution in [0.15, 0.2) is 66.7 Å². The van der Waals surface area contributed by atoms with E-state index < -0.39 is 10.8 Å². The number of benzene rings is 3. The molecular weight excluding hydrogens is 466 g/mol. The van der Waals surface area contributed by atoms with Crippen LogP contribution in [-0.4, -0.2) is 30.1 Å². The molecule has 1 N–H and O–H groups in total. The molecule has 2 aliphatic rings. The van der Waals surface area contributed by atoms with E-state index in [1.807, 2.05) is 18.2 Å². The number of anilines is 1. The van der Waals surface area contributed by atoms with Crippen molar-refractivity contribution in [2.45, 2.75) is 19.6 Å². The van der Waals surface area contributed by atoms with E-state index >= 15 is 0 Å². The lowest BCUT2D eigenvalue weighted by Crippen LogP contribution is -2.32. The molecule has 3 aromatic rings. The molecule has 0 aromatic heterocycles. The van der Waals surface area contributed by atoms with Gasteiger partial charge in [-0.15, -0.1) is 0 Å². The van der Waals surface area contributed by atoms with Crippen molar-refractivity contribution in [1.82, 2.24) is 5.32 Å². The van der Waals surface area contributed by atoms with E-state index in [0.717, 1.165) is 11.1 Å². The summed E-state index contributed by atoms with van der Waals surface area (Å²) in [7, 11) is 0. The molecule has 1 saturated heterocycles. The average Bonchev–Trinajstić information content (AvgIpc) is 3.52. The number of nitrogens with one attached hydrogen (secondary N) is 1. The van der Waals surface area contributed by atoms with Crippen molar-refractivity contribution in [3.8, 4) is 17.2 Å². The number of fused-ring (bicyclic) bond motifs is 1. The summed E-state index contributed by atoms with van der Waals surface area (Å²) in [5, 5.41) is 13.7. The molecule has 3 aromatic carbocycles. The van der Waals surface area contributed by atoms with Gasteiger partial charge < -0.3 is 24.4 Å². The van der Waals surface area contributed by atoms with Gasteiger partial charge in [-0.1, -0.05) is 6.07 Å². The summed E-state index contributed by atoms with van der Waals surface area (Å²) in [6.45, 7) is 1.08. The minimum absolute atomic E-state index is 0.0262. The van der Waals surface area contributed by atoms with E-state index in [2.05, 4.69) is 5.32 Å². The second kappa shape index (κ2) is 9.95. The smallest absolute Gasteiger partial charge is 0.269 e. The summed E-state index contributed by atoms with van der Waals surface area (Å²) in [6.07, 6.45) is 0.144. The van der Waals surface area contributed by atoms with E-state index in [4.69, 9.17) is 14.2 Å². The molecule has 10 nitrogen and oxygen atoms in total. The van der Waals surface area contributed by atoms with E-state index in [1.165, 1.54) is 12.1 Å². The number of carbonyl (C=O) groups excluding carboxylic acids is 2. The number of nitro groups is 1. The first-order valence-corrected chi connectivity index (χ1v) is 11.4. The van der Waals surface area contributed by atoms with Crippen molar-refractivity contribution in [2.75, 3.05) is 18.2 Å². The van der Waals surface area contributed by atoms with Crippen LogP contribution in [0.2, 0.25) is 0 Å². The first kappa shape index (κ1) is 23.2. The minimum Gasteiger partial charge on any atom is -0.489 e. The Balaban J connectivity index is 1.13. The lowest BCUT2D eigenvalue weighted by atomic mass is 10.1. The lowest BCUT2D eigenvalue weighted by Gasteiger charge is -2.17. The Morgan fingerprint density at radius 3 is 2.50 bits per heavy atom. The monoisotopic (exact) mass is 489 g/mol. The van der Waals surface area contributed by atoms with Crippen molar-refractivity contribution in [1.29, 1.82) is 0 Å². The predicted octanol–water partition coefficient (Wildman–Crippen LogP) is 3.57. The zero-order valence-corrected chi connectivity index (χ0v) is 19.2. The molecular formula is C26H23N3O7. The zero-order valence-electron chi connectivity index (χ0n) is 19.2. The molecule has 1 fully saturated rings. The summed E-state index contributed by atoms with van der Waals surface area (Å²) < 4.78 is 16.4. The Hall–Kier alpha value is -4.60. The number of hydrogen-bond acceptors (Lipinski definition) is 7. The maximum atomic E-state index is 12.7. The van der Waals surface area contributed by atoms with Crippen LogP contribution in [0.25, 0.3) is 0 Å². The molecule has 0 radical (unpaired) electrons. The van der Waals surface area contributed by atoms with Crippen molar-refractivity contribution in [3.63, 3.8) is 0 Å². The van der Waals surface area contributed by atoms with Crippen molar-refractivity contribution < 1.29 is 28.7 Å². The number of ether oxygens (including phenoxy) is 3. The maximum absolute atomic E-state index is 12.7. The van der Waals surface area contributed by atoms with Gasteiger partial charge in [0, 0.05) is 37.3 Å². The van der Waals surface area contributed by atoms with Crippen molar-refractivity contribution >= 4 is 23.2 Å². The van der Waals surface area contributed by atoms with Crippen LogP contribution in [0, 0.1) is 16.0 Å². The first-order chi connectivity index (χ1) is 17.5. The van der Waals surface area contributed by atoms with Crippen LogP contribution in [-0.2, 0) is 22.7 Å². The highest BCUT2D eigenvalue weighted by Gasteiger charge is 2.35. The third-order valence-electron chi connectivity index (χ3n) is 6.10. The number of rotatable bonds is 8. The fourth-order valence-corrected chi connectivity index (χ4v) is 4.12. The molecule has 184 valence electrons. The van der Waals surface area contributed by atoms with E-state index in [9.17, 15) is 19.7 Å². The van der Waals surface area contributed by atoms with Gasteiger partial charge in [0.15, 0.2) is 11.5 Å². The van der Waals surface area contributed by atoms with Crippen LogP contribution < -0.4 is 24.4 Å². The molecule has 0 saturated carbocycles. The highest BCUT2D eigenvalue weighted by molar-refractivity contribution is 6.00. The summed E-state index contributed by atoms with van der Waals surface area (Å²) in [4.78, 5) is 37.2. The molecule has 36 heavy (non-hydrogen) atoms. The fraction of sp³-hybridized carbons (Fsp3) is 0.231. The largest absolute Gasteiger partial charge is 0.489 e. The van der Waals surface area contributed by atoms with Crippen LogP contribution in [0.3, 0.4) is 0 Å². The Kier molecular flexibility index (Phi) is 6.40. The number of carbonyl (C=O) groups is 2. The zero-order chi connectivity index (χ0) is 25.1. The second-order valence-electron chi connectivity index (χ2n) is 8.52. The summed E-state index contributed by atoms with van der Waals surface area (Å²) >= 11 is 0. The molecule has 1 atom stereocenters. The first-order valence-electron chi connectivity index (χ1n) is 11.4. The molecule has 1 unspecified atom stereocenters. The Labute approximate surface area is 206 Å². The van der Waals surface area contributed by atoms with Gasteiger partial charge in [-0.05, 0) is 59.7 Å². The molecule has 2 aliphatic heterocycles. The van der Waals surface area contributed by atoms with E-state index in [1.54, 1.807) is 41.3 Å². The van der Waals surface area contributed by atoms with Crippen LogP contribution in [0.4, 0.5) is 11.4 Å². The highest BCUT2D eigenvalue weighted by Crippen LogP contribution is 2.32. The van der Waals surface area contributed by atoms with Crippen molar-refractivity contribution in [2.24, 2.45) is 5.92 Å². The number of hydrogen-bond donors (Lipinski definition) is 1. The lowest BCUT2D eigenvalue weighted by molar-refractivity contribution is -0.384. The summed E-state index contributed by atoms with van der Waals surface area (Å²) in [6, 6.07) is 18.7. The Bertz CT molecular complexity index is 1290. The van der Waals surface area contributed by atoms with Gasteiger partial charge in [0.1, 0.15) is 12.4 Å². The Morgan fingerprint density at radius 2 is 1.75 bits per heavy atom. The fourth-order valence-electron chi connectivity index (χ4n) is 4.12. The Morgan fingerprint density at radius 1 is 1.03 bits per heavy atom. The van der Waals surface area contributed by atoms with Gasteiger partial charge in [0.2, 0.25) is 18.6 Å². The van der Waals surface area contributed by atoms with Gasteiger partial charge in [0.05, 0.1) is 10.8 Å². The van der Waals surface area contributed by atoms with Crippen LogP contribution >= 0.6 is 0 Å². The normalized spacial score (nSPS) is 16.2. The standard InChI is InChI=1S/C26H23N3O7/c30-25-12-19(26(31)27-13-18-3-10-23-24(11-18)36-16-35-23)14-28(25)20-6-8-22(9-7-20)34-15-17-1-4-21(5-2-17)29(32)33/h1-11,19H,12-16H2,(H,27,31). The molecule has 2 amide bonds. The third-order valence-corrected chi connectivity index (χ3v) is 6.10. The number of nitro benzene ring substituents is 1. The minimum atomic E-state index is -0.448. The molecule has 5 rings (SSSR count). The average molecular weight is 489 g/mol. The summed E-state index contributed by atoms with van der Waals surface area (Å²) in [5.74, 6) is 1.21. The highest BCUT2D eigenvalue weighted by atomic mass is 16.7. The van der Waals surface area contributed by atoms with Gasteiger partial charge in [0.25, 0.3) is 5.69 Å². The van der Waals surface area contributed by atoms with Crippen LogP contribution in [0.5, 0.6) is 17.2 Å². The quantitative estimate of drug-likeness (QED) is 0.379. The maximum Gasteiger partial charge on any atom is 0.269 e.